The molecule has 80 heavy (non-hydrogen) atoms. The Kier molecular flexibility index (Phi) is 15.8. The first-order valence-corrected chi connectivity index (χ1v) is 28.0. The van der Waals surface area contributed by atoms with Gasteiger partial charge in [0.05, 0.1) is 45.0 Å². The van der Waals surface area contributed by atoms with E-state index in [4.69, 9.17) is 76.3 Å². The number of aromatic nitrogens is 10. The lowest BCUT2D eigenvalue weighted by atomic mass is 10.1. The van der Waals surface area contributed by atoms with Crippen LogP contribution in [0.1, 0.15) is 64.0 Å². The van der Waals surface area contributed by atoms with E-state index in [1.807, 2.05) is 26.2 Å². The second-order valence-electron chi connectivity index (χ2n) is 21.0. The molecular formula is C55H62Cl2F2N14O7. The Hall–Kier alpha value is -6.60. The number of nitrogens with one attached hydrogen (secondary N) is 1. The number of hydrogen-bond acceptors (Lipinski definition) is 19. The van der Waals surface area contributed by atoms with Gasteiger partial charge >= 0.3 is 12.0 Å². The third kappa shape index (κ3) is 10.9. The maximum absolute atomic E-state index is 15.3. The zero-order chi connectivity index (χ0) is 55.0. The van der Waals surface area contributed by atoms with Crippen molar-refractivity contribution >= 4 is 78.4 Å². The van der Waals surface area contributed by atoms with Crippen LogP contribution in [0.15, 0.2) is 49.1 Å². The number of likely N-dealkylation sites (N-methyl/N-ethyl adjacent to an activating group) is 2. The van der Waals surface area contributed by atoms with Gasteiger partial charge in [0.15, 0.2) is 17.7 Å². The number of likely N-dealkylation sites (tertiary alicyclic amines) is 2. The van der Waals surface area contributed by atoms with E-state index in [0.717, 1.165) is 107 Å². The van der Waals surface area contributed by atoms with E-state index in [1.165, 1.54) is 31.2 Å². The van der Waals surface area contributed by atoms with Gasteiger partial charge in [-0.05, 0) is 84.0 Å². The van der Waals surface area contributed by atoms with Crippen molar-refractivity contribution in [3.05, 3.63) is 70.7 Å². The number of aromatic amines is 1. The van der Waals surface area contributed by atoms with Crippen LogP contribution in [0, 0.1) is 11.6 Å². The molecule has 8 aromatic rings. The highest BCUT2D eigenvalue weighted by atomic mass is 35.5. The summed E-state index contributed by atoms with van der Waals surface area (Å²) in [5, 5.41) is 13.6. The summed E-state index contributed by atoms with van der Waals surface area (Å²) >= 11 is 12.9. The van der Waals surface area contributed by atoms with E-state index in [0.29, 0.717) is 52.5 Å². The molecule has 0 radical (unpaired) electrons. The summed E-state index contributed by atoms with van der Waals surface area (Å²) in [6, 6.07) is 6.81. The molecule has 0 saturated carbocycles. The SMILES string of the molecule is CO[C@@H]1CN(C)C[C@H]1Oc1nc(N2CCCCC2)c2ccnc(Oc3c(Cl)c(F)cc4[nH]ncc34)c2n1.CO[C@@H]1CN(C)C[C@H]1Oc1nc(N2CCCCC2)c2ccnc(Oc3c(Cl)c(F)cc4c3cnn4C3CCCCO3)c2n1. The highest BCUT2D eigenvalue weighted by Crippen LogP contribution is 2.44. The van der Waals surface area contributed by atoms with Crippen LogP contribution in [-0.4, -0.2) is 171 Å². The van der Waals surface area contributed by atoms with Crippen LogP contribution in [0.4, 0.5) is 20.4 Å². The first-order valence-electron chi connectivity index (χ1n) is 27.2. The molecule has 1 unspecified atom stereocenters. The molecule has 0 bridgehead atoms. The molecule has 6 aromatic heterocycles. The van der Waals surface area contributed by atoms with Crippen molar-refractivity contribution in [1.29, 1.82) is 0 Å². The third-order valence-electron chi connectivity index (χ3n) is 15.5. The Labute approximate surface area is 469 Å². The fourth-order valence-corrected chi connectivity index (χ4v) is 11.8. The Morgan fingerprint density at radius 2 is 1.14 bits per heavy atom. The van der Waals surface area contributed by atoms with E-state index < -0.39 is 11.6 Å². The van der Waals surface area contributed by atoms with Gasteiger partial charge in [0.25, 0.3) is 0 Å². The van der Waals surface area contributed by atoms with Crippen molar-refractivity contribution in [3.63, 3.8) is 0 Å². The second kappa shape index (κ2) is 23.5. The molecule has 25 heteroatoms. The van der Waals surface area contributed by atoms with Gasteiger partial charge in [0.2, 0.25) is 11.8 Å². The zero-order valence-electron chi connectivity index (χ0n) is 44.9. The summed E-state index contributed by atoms with van der Waals surface area (Å²) in [7, 11) is 7.40. The van der Waals surface area contributed by atoms with Crippen LogP contribution in [0.3, 0.4) is 0 Å². The fourth-order valence-electron chi connectivity index (χ4n) is 11.4. The summed E-state index contributed by atoms with van der Waals surface area (Å²) in [6.45, 7) is 7.00. The largest absolute Gasteiger partial charge is 0.456 e. The van der Waals surface area contributed by atoms with Gasteiger partial charge < -0.3 is 43.0 Å². The molecular weight excluding hydrogens is 1080 g/mol. The normalized spacial score (nSPS) is 22.1. The fraction of sp³-hybridized carbons (Fsp3) is 0.491. The van der Waals surface area contributed by atoms with Gasteiger partial charge in [0, 0.05) is 97.7 Å². The monoisotopic (exact) mass is 1140 g/mol. The second-order valence-corrected chi connectivity index (χ2v) is 21.7. The number of hydrogen-bond donors (Lipinski definition) is 1. The van der Waals surface area contributed by atoms with Gasteiger partial charge in [-0.15, -0.1) is 0 Å². The number of anilines is 2. The van der Waals surface area contributed by atoms with Crippen LogP contribution in [0.2, 0.25) is 10.0 Å². The zero-order valence-corrected chi connectivity index (χ0v) is 46.4. The van der Waals surface area contributed by atoms with Gasteiger partial charge in [0.1, 0.15) is 68.8 Å². The Bertz CT molecular complexity index is 3530. The lowest BCUT2D eigenvalue weighted by Gasteiger charge is -2.29. The molecule has 5 aliphatic rings. The topological polar surface area (TPSA) is 201 Å². The molecule has 5 atom stereocenters. The average molecular weight is 1140 g/mol. The smallest absolute Gasteiger partial charge is 0.319 e. The minimum Gasteiger partial charge on any atom is -0.456 e. The number of halogens is 4. The average Bonchev–Trinajstić information content (AvgIpc) is 4.45. The predicted molar refractivity (Wildman–Crippen MR) is 297 cm³/mol. The molecule has 11 heterocycles. The molecule has 1 N–H and O–H groups in total. The number of piperidine rings is 2. The van der Waals surface area contributed by atoms with Crippen LogP contribution in [0.5, 0.6) is 35.3 Å². The van der Waals surface area contributed by atoms with E-state index in [9.17, 15) is 4.39 Å². The number of H-pyrrole nitrogens is 1. The number of pyridine rings is 2. The first kappa shape index (κ1) is 54.0. The van der Waals surface area contributed by atoms with Crippen molar-refractivity contribution < 1.29 is 41.9 Å². The summed E-state index contributed by atoms with van der Waals surface area (Å²) in [6.07, 6.45) is 14.9. The number of ether oxygens (including phenoxy) is 7. The van der Waals surface area contributed by atoms with Crippen LogP contribution >= 0.6 is 23.2 Å². The minimum absolute atomic E-state index is 0.104. The van der Waals surface area contributed by atoms with Crippen LogP contribution in [0.25, 0.3) is 43.6 Å². The van der Waals surface area contributed by atoms with Crippen molar-refractivity contribution in [1.82, 2.24) is 59.7 Å². The Morgan fingerprint density at radius 1 is 0.613 bits per heavy atom. The van der Waals surface area contributed by atoms with Crippen molar-refractivity contribution in [2.75, 3.05) is 97.1 Å². The quantitative estimate of drug-likeness (QED) is 0.114. The molecule has 0 spiro atoms. The highest BCUT2D eigenvalue weighted by Gasteiger charge is 2.36. The summed E-state index contributed by atoms with van der Waals surface area (Å²) in [5.74, 6) is 0.841. The van der Waals surface area contributed by atoms with E-state index >= 15 is 4.39 Å². The summed E-state index contributed by atoms with van der Waals surface area (Å²) < 4.78 is 73.9. The molecule has 0 amide bonds. The third-order valence-corrected chi connectivity index (χ3v) is 16.2. The van der Waals surface area contributed by atoms with Gasteiger partial charge in [-0.25, -0.2) is 23.4 Å². The minimum atomic E-state index is -0.628. The summed E-state index contributed by atoms with van der Waals surface area (Å²) in [4.78, 5) is 37.0. The van der Waals surface area contributed by atoms with Crippen LogP contribution < -0.4 is 28.7 Å². The Balaban J connectivity index is 0.000000161. The molecule has 0 aliphatic carbocycles. The molecule has 5 aliphatic heterocycles. The maximum atomic E-state index is 15.3. The van der Waals surface area contributed by atoms with Gasteiger partial charge in [-0.1, -0.05) is 23.2 Å². The maximum Gasteiger partial charge on any atom is 0.319 e. The van der Waals surface area contributed by atoms with E-state index in [2.05, 4.69) is 44.9 Å². The number of benzene rings is 2. The standard InChI is InChI=1S/C30H35ClFN7O4.C25H27ClFN7O3/c1-37-16-22(40-2)23(17-37)42-30-35-26-18(28(36-30)38-11-5-3-6-12-38)9-10-33-29(26)43-27-19-15-34-39(24-8-4-7-13-41-24)21(19)14-20(32)25(27)31;1-33-12-18(35-2)19(13-33)36-25-30-21-14(23(31-25)34-8-4-3-5-9-34)6-7-28-24(21)37-22-15-11-29-32-17(15)10-16(27)20(22)26/h9-10,14-15,22-24H,3-8,11-13,16-17H2,1-2H3;6-7,10-11,18-19H,3-5,8-9,12-13H2,1-2H3,(H,29,32)/t22-,23-,24?;18-,19-/m11/s1. The van der Waals surface area contributed by atoms with Gasteiger partial charge in [-0.2, -0.15) is 30.1 Å². The van der Waals surface area contributed by atoms with E-state index in [1.54, 1.807) is 37.5 Å². The Morgan fingerprint density at radius 3 is 1.66 bits per heavy atom. The van der Waals surface area contributed by atoms with E-state index in [-0.39, 0.29) is 76.0 Å². The van der Waals surface area contributed by atoms with Gasteiger partial charge in [-0.3, -0.25) is 14.9 Å². The first-order chi connectivity index (χ1) is 39.0. The lowest BCUT2D eigenvalue weighted by molar-refractivity contribution is -0.0366. The highest BCUT2D eigenvalue weighted by molar-refractivity contribution is 6.34. The van der Waals surface area contributed by atoms with Crippen molar-refractivity contribution in [3.8, 4) is 35.3 Å². The number of rotatable bonds is 13. The molecule has 13 rings (SSSR count). The lowest BCUT2D eigenvalue weighted by Crippen LogP contribution is -2.33. The number of nitrogens with zero attached hydrogens (tertiary/aromatic N) is 13. The van der Waals surface area contributed by atoms with Crippen molar-refractivity contribution in [2.24, 2.45) is 0 Å². The number of methoxy groups -OCH3 is 2. The predicted octanol–water partition coefficient (Wildman–Crippen LogP) is 9.54. The molecule has 422 valence electrons. The molecule has 5 fully saturated rings. The molecule has 21 nitrogen and oxygen atoms in total. The molecule has 5 saturated heterocycles. The van der Waals surface area contributed by atoms with Crippen molar-refractivity contribution in [2.45, 2.75) is 88.4 Å². The molecule has 2 aromatic carbocycles. The number of fused-ring (bicyclic) bond motifs is 4. The van der Waals surface area contributed by atoms with Crippen LogP contribution in [-0.2, 0) is 14.2 Å². The summed E-state index contributed by atoms with van der Waals surface area (Å²) in [5.41, 5.74) is 1.89.